The van der Waals surface area contributed by atoms with Crippen molar-refractivity contribution in [1.29, 1.82) is 0 Å². The molecule has 0 atom stereocenters. The average molecular weight is 143 g/mol. The molecule has 0 aromatic carbocycles. The quantitative estimate of drug-likeness (QED) is 0.321. The third-order valence-corrected chi connectivity index (χ3v) is 0.960. The molecule has 56 valence electrons. The highest BCUT2D eigenvalue weighted by Gasteiger charge is 2.14. The predicted molar refractivity (Wildman–Crippen MR) is 35.2 cm³/mol. The summed E-state index contributed by atoms with van der Waals surface area (Å²) < 4.78 is 0. The first-order chi connectivity index (χ1) is 4.46. The summed E-state index contributed by atoms with van der Waals surface area (Å²) in [6.07, 6.45) is 0. The van der Waals surface area contributed by atoms with Gasteiger partial charge in [0, 0.05) is 5.70 Å². The number of carboxylic acids is 1. The van der Waals surface area contributed by atoms with E-state index in [1.54, 1.807) is 0 Å². The van der Waals surface area contributed by atoms with Crippen LogP contribution >= 0.6 is 0 Å². The second-order valence-electron chi connectivity index (χ2n) is 1.92. The van der Waals surface area contributed by atoms with Crippen molar-refractivity contribution in [3.8, 4) is 0 Å². The number of nitrogens with two attached hydrogens (primary N) is 1. The Morgan fingerprint density at radius 2 is 1.70 bits per heavy atom. The minimum atomic E-state index is -1.27. The van der Waals surface area contributed by atoms with Crippen LogP contribution in [0.25, 0.3) is 0 Å². The molecule has 0 saturated carbocycles. The van der Waals surface area contributed by atoms with E-state index in [0.717, 1.165) is 0 Å². The maximum Gasteiger partial charge on any atom is 0.341 e. The number of Topliss-reactive ketones (excluding diaryl/α,β-unsaturated/α-hetero) is 1. The van der Waals surface area contributed by atoms with E-state index in [2.05, 4.69) is 0 Å². The number of allylic oxidation sites excluding steroid dienone is 1. The number of hydrogen-bond donors (Lipinski definition) is 2. The molecule has 0 aromatic rings. The zero-order valence-electron chi connectivity index (χ0n) is 5.84. The molecule has 0 amide bonds. The molecule has 0 bridgehead atoms. The van der Waals surface area contributed by atoms with Crippen molar-refractivity contribution in [3.05, 3.63) is 11.3 Å². The van der Waals surface area contributed by atoms with E-state index in [1.807, 2.05) is 0 Å². The van der Waals surface area contributed by atoms with Crippen molar-refractivity contribution in [2.24, 2.45) is 5.73 Å². The summed E-state index contributed by atoms with van der Waals surface area (Å²) in [7, 11) is 0. The smallest absolute Gasteiger partial charge is 0.341 e. The molecule has 0 aliphatic rings. The van der Waals surface area contributed by atoms with Crippen LogP contribution in [0.3, 0.4) is 0 Å². The lowest BCUT2D eigenvalue weighted by Crippen LogP contribution is -2.14. The molecule has 0 aliphatic carbocycles. The van der Waals surface area contributed by atoms with Crippen molar-refractivity contribution in [1.82, 2.24) is 0 Å². The van der Waals surface area contributed by atoms with Gasteiger partial charge in [0.15, 0.2) is 5.78 Å². The highest BCUT2D eigenvalue weighted by Crippen LogP contribution is 1.99. The van der Waals surface area contributed by atoms with Gasteiger partial charge in [-0.15, -0.1) is 0 Å². The molecule has 4 nitrogen and oxygen atoms in total. The van der Waals surface area contributed by atoms with E-state index in [1.165, 1.54) is 13.8 Å². The SMILES string of the molecule is CC(=O)/C(C(=O)O)=C(/C)N. The van der Waals surface area contributed by atoms with Crippen LogP contribution in [0.2, 0.25) is 0 Å². The van der Waals surface area contributed by atoms with Crippen LogP contribution in [0.4, 0.5) is 0 Å². The number of carboxylic acid groups (broad SMARTS) is 1. The van der Waals surface area contributed by atoms with E-state index < -0.39 is 11.8 Å². The average Bonchev–Trinajstić information content (AvgIpc) is 1.59. The molecule has 0 spiro atoms. The van der Waals surface area contributed by atoms with Gasteiger partial charge in [0.1, 0.15) is 5.57 Å². The van der Waals surface area contributed by atoms with Crippen LogP contribution < -0.4 is 5.73 Å². The molecule has 10 heavy (non-hydrogen) atoms. The number of hydrogen-bond acceptors (Lipinski definition) is 3. The van der Waals surface area contributed by atoms with Gasteiger partial charge in [0.2, 0.25) is 0 Å². The molecule has 4 heteroatoms. The van der Waals surface area contributed by atoms with Gasteiger partial charge in [-0.05, 0) is 13.8 Å². The van der Waals surface area contributed by atoms with Crippen LogP contribution in [0.5, 0.6) is 0 Å². The Kier molecular flexibility index (Phi) is 2.61. The molecule has 0 radical (unpaired) electrons. The summed E-state index contributed by atoms with van der Waals surface area (Å²) in [5, 5.41) is 8.36. The van der Waals surface area contributed by atoms with Crippen molar-refractivity contribution < 1.29 is 14.7 Å². The molecule has 0 rings (SSSR count). The zero-order chi connectivity index (χ0) is 8.31. The largest absolute Gasteiger partial charge is 0.477 e. The molecular weight excluding hydrogens is 134 g/mol. The maximum atomic E-state index is 10.5. The van der Waals surface area contributed by atoms with Crippen molar-refractivity contribution in [2.45, 2.75) is 13.8 Å². The molecule has 0 aromatic heterocycles. The van der Waals surface area contributed by atoms with Crippen LogP contribution in [-0.4, -0.2) is 16.9 Å². The lowest BCUT2D eigenvalue weighted by atomic mass is 10.1. The van der Waals surface area contributed by atoms with Crippen molar-refractivity contribution in [2.75, 3.05) is 0 Å². The second-order valence-corrected chi connectivity index (χ2v) is 1.92. The van der Waals surface area contributed by atoms with Crippen molar-refractivity contribution in [3.63, 3.8) is 0 Å². The summed E-state index contributed by atoms with van der Waals surface area (Å²) in [5.41, 5.74) is 4.82. The first-order valence-electron chi connectivity index (χ1n) is 2.67. The Bertz CT molecular complexity index is 185. The third kappa shape index (κ3) is 1.89. The molecule has 0 fully saturated rings. The summed E-state index contributed by atoms with van der Waals surface area (Å²) in [6, 6.07) is 0. The Morgan fingerprint density at radius 1 is 1.30 bits per heavy atom. The highest BCUT2D eigenvalue weighted by molar-refractivity contribution is 6.16. The number of rotatable bonds is 2. The van der Waals surface area contributed by atoms with Crippen LogP contribution in [0, 0.1) is 0 Å². The number of ketones is 1. The first kappa shape index (κ1) is 8.68. The van der Waals surface area contributed by atoms with E-state index in [9.17, 15) is 9.59 Å². The van der Waals surface area contributed by atoms with Gasteiger partial charge < -0.3 is 10.8 Å². The third-order valence-electron chi connectivity index (χ3n) is 0.960. The van der Waals surface area contributed by atoms with Gasteiger partial charge >= 0.3 is 5.97 Å². The molecule has 3 N–H and O–H groups in total. The molecule has 0 heterocycles. The topological polar surface area (TPSA) is 80.4 Å². The van der Waals surface area contributed by atoms with Crippen molar-refractivity contribution >= 4 is 11.8 Å². The van der Waals surface area contributed by atoms with Gasteiger partial charge in [-0.2, -0.15) is 0 Å². The van der Waals surface area contributed by atoms with Crippen LogP contribution in [0.15, 0.2) is 11.3 Å². The van der Waals surface area contributed by atoms with Crippen LogP contribution in [-0.2, 0) is 9.59 Å². The minimum absolute atomic E-state index is 0.0417. The summed E-state index contributed by atoms with van der Waals surface area (Å²) in [5.74, 6) is -1.79. The van der Waals surface area contributed by atoms with E-state index in [4.69, 9.17) is 10.8 Å². The standard InChI is InChI=1S/C6H9NO3/c1-3(7)5(4(2)8)6(9)10/h7H2,1-2H3,(H,9,10)/b5-3+. The Labute approximate surface area is 58.3 Å². The normalized spacial score (nSPS) is 12.2. The minimum Gasteiger partial charge on any atom is -0.477 e. The Morgan fingerprint density at radius 3 is 1.70 bits per heavy atom. The lowest BCUT2D eigenvalue weighted by Gasteiger charge is -1.97. The zero-order valence-corrected chi connectivity index (χ0v) is 5.84. The molecule has 0 unspecified atom stereocenters. The Hall–Kier alpha value is -1.32. The van der Waals surface area contributed by atoms with Gasteiger partial charge in [0.05, 0.1) is 0 Å². The number of aliphatic carboxylic acids is 1. The monoisotopic (exact) mass is 143 g/mol. The summed E-state index contributed by atoms with van der Waals surface area (Å²) in [4.78, 5) is 20.7. The fourth-order valence-electron chi connectivity index (χ4n) is 0.597. The number of carbonyl (C=O) groups is 2. The second kappa shape index (κ2) is 3.00. The van der Waals surface area contributed by atoms with E-state index in [-0.39, 0.29) is 11.3 Å². The fourth-order valence-corrected chi connectivity index (χ4v) is 0.597. The summed E-state index contributed by atoms with van der Waals surface area (Å²) >= 11 is 0. The van der Waals surface area contributed by atoms with Gasteiger partial charge in [-0.1, -0.05) is 0 Å². The highest BCUT2D eigenvalue weighted by atomic mass is 16.4. The lowest BCUT2D eigenvalue weighted by molar-refractivity contribution is -0.134. The predicted octanol–water partition coefficient (Wildman–Crippen LogP) is -0.107. The fraction of sp³-hybridized carbons (Fsp3) is 0.333. The van der Waals surface area contributed by atoms with E-state index >= 15 is 0 Å². The van der Waals surface area contributed by atoms with E-state index in [0.29, 0.717) is 0 Å². The molecule has 0 aliphatic heterocycles. The first-order valence-corrected chi connectivity index (χ1v) is 2.67. The van der Waals surface area contributed by atoms with Gasteiger partial charge in [-0.3, -0.25) is 4.79 Å². The molecular formula is C6H9NO3. The van der Waals surface area contributed by atoms with Crippen LogP contribution in [0.1, 0.15) is 13.8 Å². The maximum absolute atomic E-state index is 10.5. The molecule has 0 saturated heterocycles. The van der Waals surface area contributed by atoms with Gasteiger partial charge in [-0.25, -0.2) is 4.79 Å². The summed E-state index contributed by atoms with van der Waals surface area (Å²) in [6.45, 7) is 2.55. The van der Waals surface area contributed by atoms with Gasteiger partial charge in [0.25, 0.3) is 0 Å². The Balaban J connectivity index is 4.79. The number of carbonyl (C=O) groups excluding carboxylic acids is 1.